The molecule has 6 heteroatoms. The molecule has 0 aromatic carbocycles. The van der Waals surface area contributed by atoms with Crippen molar-refractivity contribution in [3.63, 3.8) is 0 Å². The van der Waals surface area contributed by atoms with Crippen LogP contribution >= 0.6 is 12.4 Å². The Morgan fingerprint density at radius 1 is 1.17 bits per heavy atom. The van der Waals surface area contributed by atoms with Gasteiger partial charge in [-0.25, -0.2) is 0 Å². The van der Waals surface area contributed by atoms with E-state index >= 15 is 0 Å². The third kappa shape index (κ3) is 442. The zero-order valence-electron chi connectivity index (χ0n) is 2.53. The topological polar surface area (TPSA) is 74.6 Å². The second-order valence-corrected chi connectivity index (χ2v) is 2.33. The van der Waals surface area contributed by atoms with Gasteiger partial charge in [-0.15, -0.1) is 12.4 Å². The molecule has 0 aliphatic heterocycles. The van der Waals surface area contributed by atoms with Crippen LogP contribution in [-0.2, 0) is 7.67 Å². The molecule has 0 bridgehead atoms. The summed E-state index contributed by atoms with van der Waals surface area (Å²) in [6, 6.07) is 0. The summed E-state index contributed by atoms with van der Waals surface area (Å²) >= 11 is -5.25. The van der Waals surface area contributed by atoms with Crippen molar-refractivity contribution in [2.45, 2.75) is 0 Å². The standard InChI is InChI=1S/ClH.H2O4Se/c;1-5(2,3)4/h1H;(H2,1,2,3,4). The summed E-state index contributed by atoms with van der Waals surface area (Å²) in [6.07, 6.45) is 0. The van der Waals surface area contributed by atoms with Gasteiger partial charge in [-0.3, -0.25) is 0 Å². The van der Waals surface area contributed by atoms with Gasteiger partial charge in [-0.05, 0) is 0 Å². The molecule has 4 nitrogen and oxygen atoms in total. The molecule has 2 N–H and O–H groups in total. The third-order valence-corrected chi connectivity index (χ3v) is 0. The van der Waals surface area contributed by atoms with Crippen molar-refractivity contribution in [1.29, 1.82) is 0 Å². The molecule has 0 spiro atoms. The molecular weight excluding hydrogens is 178 g/mol. The van der Waals surface area contributed by atoms with Gasteiger partial charge in [0, 0.05) is 0 Å². The Morgan fingerprint density at radius 2 is 1.17 bits per heavy atom. The fourth-order valence-electron chi connectivity index (χ4n) is 0. The first kappa shape index (κ1) is 9.59. The summed E-state index contributed by atoms with van der Waals surface area (Å²) in [5.74, 6) is 0. The van der Waals surface area contributed by atoms with Gasteiger partial charge < -0.3 is 0 Å². The zero-order chi connectivity index (χ0) is 4.50. The summed E-state index contributed by atoms with van der Waals surface area (Å²) in [5, 5.41) is 0. The third-order valence-electron chi connectivity index (χ3n) is 0. The van der Waals surface area contributed by atoms with Gasteiger partial charge in [0.2, 0.25) is 0 Å². The van der Waals surface area contributed by atoms with Gasteiger partial charge in [0.25, 0.3) is 0 Å². The van der Waals surface area contributed by atoms with Crippen LogP contribution in [0.25, 0.3) is 0 Å². The van der Waals surface area contributed by atoms with Crippen molar-refractivity contribution < 1.29 is 16.0 Å². The van der Waals surface area contributed by atoms with Crippen LogP contribution in [0.3, 0.4) is 0 Å². The SMILES string of the molecule is Cl.O=[Se](=O)(O)O. The van der Waals surface area contributed by atoms with E-state index in [1.807, 2.05) is 0 Å². The molecule has 6 heavy (non-hydrogen) atoms. The van der Waals surface area contributed by atoms with Gasteiger partial charge in [-0.1, -0.05) is 0 Å². The van der Waals surface area contributed by atoms with Crippen LogP contribution in [-0.4, -0.2) is 21.7 Å². The van der Waals surface area contributed by atoms with Gasteiger partial charge in [0.05, 0.1) is 0 Å². The molecule has 0 fully saturated rings. The minimum atomic E-state index is -5.25. The molecule has 0 heterocycles. The molecule has 0 aliphatic carbocycles. The van der Waals surface area contributed by atoms with E-state index < -0.39 is 13.4 Å². The number of rotatable bonds is 0. The molecule has 0 radical (unpaired) electrons. The quantitative estimate of drug-likeness (QED) is 0.455. The van der Waals surface area contributed by atoms with E-state index in [-0.39, 0.29) is 12.4 Å². The Labute approximate surface area is 42.5 Å². The maximum absolute atomic E-state index is 8.82. The predicted molar refractivity (Wildman–Crippen MR) is 18.8 cm³/mol. The van der Waals surface area contributed by atoms with Gasteiger partial charge >= 0.3 is 29.4 Å². The van der Waals surface area contributed by atoms with E-state index in [1.165, 1.54) is 0 Å². The molecule has 0 aromatic rings. The van der Waals surface area contributed by atoms with Crippen molar-refractivity contribution >= 4 is 25.8 Å². The first-order valence-corrected chi connectivity index (χ1v) is 3.63. The Balaban J connectivity index is 0. The van der Waals surface area contributed by atoms with Crippen molar-refractivity contribution in [2.24, 2.45) is 0 Å². The summed E-state index contributed by atoms with van der Waals surface area (Å²) < 4.78 is 31.9. The zero-order valence-corrected chi connectivity index (χ0v) is 5.06. The van der Waals surface area contributed by atoms with E-state index in [2.05, 4.69) is 0 Å². The first-order valence-electron chi connectivity index (χ1n) is 0.698. The molecular formula is H3ClO4Se. The fraction of sp³-hybridized carbons (Fsp3) is 0. The molecule has 0 amide bonds. The summed E-state index contributed by atoms with van der Waals surface area (Å²) in [5.41, 5.74) is 0. The van der Waals surface area contributed by atoms with Crippen molar-refractivity contribution in [1.82, 2.24) is 0 Å². The second kappa shape index (κ2) is 2.49. The normalized spacial score (nSPS) is 9.67. The van der Waals surface area contributed by atoms with Crippen LogP contribution in [0.15, 0.2) is 0 Å². The van der Waals surface area contributed by atoms with Gasteiger partial charge in [-0.2, -0.15) is 0 Å². The fourth-order valence-corrected chi connectivity index (χ4v) is 0. The first-order chi connectivity index (χ1) is 2.00. The summed E-state index contributed by atoms with van der Waals surface area (Å²) in [7, 11) is 0. The maximum atomic E-state index is 8.82. The molecule has 0 saturated heterocycles. The molecule has 0 aromatic heterocycles. The molecule has 0 saturated carbocycles. The van der Waals surface area contributed by atoms with E-state index in [0.29, 0.717) is 0 Å². The van der Waals surface area contributed by atoms with Crippen LogP contribution in [0.2, 0.25) is 0 Å². The van der Waals surface area contributed by atoms with E-state index in [0.717, 1.165) is 0 Å². The van der Waals surface area contributed by atoms with Gasteiger partial charge in [0.15, 0.2) is 0 Å². The summed E-state index contributed by atoms with van der Waals surface area (Å²) in [4.78, 5) is 0. The van der Waals surface area contributed by atoms with Crippen LogP contribution < -0.4 is 0 Å². The Kier molecular flexibility index (Phi) is 3.99. The number of halogens is 1. The second-order valence-electron chi connectivity index (χ2n) is 0.448. The van der Waals surface area contributed by atoms with Crippen LogP contribution in [0.1, 0.15) is 0 Å². The molecule has 0 atom stereocenters. The predicted octanol–water partition coefficient (Wildman–Crippen LogP) is -1.31. The monoisotopic (exact) mass is 182 g/mol. The Morgan fingerprint density at radius 3 is 1.17 bits per heavy atom. The van der Waals surface area contributed by atoms with Crippen molar-refractivity contribution in [3.05, 3.63) is 0 Å². The molecule has 0 aliphatic rings. The van der Waals surface area contributed by atoms with E-state index in [9.17, 15) is 0 Å². The van der Waals surface area contributed by atoms with Crippen LogP contribution in [0.5, 0.6) is 0 Å². The Bertz CT molecular complexity index is 90.7. The molecule has 0 unspecified atom stereocenters. The van der Waals surface area contributed by atoms with Crippen molar-refractivity contribution in [3.8, 4) is 0 Å². The average molecular weight is 181 g/mol. The molecule has 40 valence electrons. The summed E-state index contributed by atoms with van der Waals surface area (Å²) in [6.45, 7) is 0. The average Bonchev–Trinajstić information content (AvgIpc) is 0.722. The van der Waals surface area contributed by atoms with E-state index in [1.54, 1.807) is 0 Å². The number of hydrogen-bond acceptors (Lipinski definition) is 2. The van der Waals surface area contributed by atoms with E-state index in [4.69, 9.17) is 16.0 Å². The van der Waals surface area contributed by atoms with Gasteiger partial charge in [0.1, 0.15) is 0 Å². The minimum absolute atomic E-state index is 0. The van der Waals surface area contributed by atoms with Crippen molar-refractivity contribution in [2.75, 3.05) is 0 Å². The van der Waals surface area contributed by atoms with Crippen LogP contribution in [0, 0.1) is 0 Å². The van der Waals surface area contributed by atoms with Crippen LogP contribution in [0.4, 0.5) is 0 Å². The number of hydrogen-bond donors (Lipinski definition) is 2. The molecule has 0 rings (SSSR count). The Hall–Kier alpha value is 0.329.